The third-order valence-corrected chi connectivity index (χ3v) is 8.27. The second-order valence-corrected chi connectivity index (χ2v) is 10.9. The SMILES string of the molecule is O=C(CN1CCc2ccc(C(F)(F)F)cc2C1)NC1CN(C2CCCOCC2)C[C@@H]1CCc1cccnc1. The van der Waals surface area contributed by atoms with E-state index < -0.39 is 11.7 Å². The van der Waals surface area contributed by atoms with Gasteiger partial charge < -0.3 is 10.1 Å². The molecular formula is C29H37F3N4O2. The predicted octanol–water partition coefficient (Wildman–Crippen LogP) is 4.08. The van der Waals surface area contributed by atoms with Crippen molar-refractivity contribution in [1.29, 1.82) is 0 Å². The van der Waals surface area contributed by atoms with Crippen molar-refractivity contribution in [2.24, 2.45) is 5.92 Å². The van der Waals surface area contributed by atoms with Gasteiger partial charge in [-0.25, -0.2) is 0 Å². The van der Waals surface area contributed by atoms with Crippen molar-refractivity contribution in [3.05, 3.63) is 65.0 Å². The molecule has 1 aromatic carbocycles. The summed E-state index contributed by atoms with van der Waals surface area (Å²) < 4.78 is 45.3. The van der Waals surface area contributed by atoms with E-state index in [-0.39, 0.29) is 18.5 Å². The average molecular weight is 531 g/mol. The maximum Gasteiger partial charge on any atom is 0.416 e. The zero-order valence-electron chi connectivity index (χ0n) is 21.8. The molecule has 0 spiro atoms. The lowest BCUT2D eigenvalue weighted by atomic mass is 9.95. The van der Waals surface area contributed by atoms with Crippen LogP contribution in [-0.2, 0) is 35.1 Å². The molecule has 1 aromatic heterocycles. The summed E-state index contributed by atoms with van der Waals surface area (Å²) >= 11 is 0. The standard InChI is InChI=1S/C29H37F3N4O2/c30-29(31,32)25-8-7-22-9-12-35(17-24(22)15-25)20-28(37)34-27-19-36(26-4-2-13-38-14-10-26)18-23(27)6-5-21-3-1-11-33-16-21/h1,3,7-8,11,15-16,23,26-27H,2,4-6,9-10,12-14,17-20H2,(H,34,37)/t23-,26?,27?/m0/s1. The number of pyridine rings is 1. The number of nitrogens with one attached hydrogen (secondary N) is 1. The van der Waals surface area contributed by atoms with E-state index in [4.69, 9.17) is 4.74 Å². The summed E-state index contributed by atoms with van der Waals surface area (Å²) in [5, 5.41) is 3.31. The molecule has 3 aliphatic rings. The number of halogens is 3. The van der Waals surface area contributed by atoms with Crippen LogP contribution in [0.4, 0.5) is 13.2 Å². The summed E-state index contributed by atoms with van der Waals surface area (Å²) in [6, 6.07) is 8.54. The molecule has 6 nitrogen and oxygen atoms in total. The largest absolute Gasteiger partial charge is 0.416 e. The molecule has 0 saturated carbocycles. The fourth-order valence-corrected chi connectivity index (χ4v) is 6.19. The highest BCUT2D eigenvalue weighted by Gasteiger charge is 2.37. The molecule has 2 unspecified atom stereocenters. The lowest BCUT2D eigenvalue weighted by molar-refractivity contribution is -0.137. The van der Waals surface area contributed by atoms with Gasteiger partial charge in [0.05, 0.1) is 12.1 Å². The van der Waals surface area contributed by atoms with Crippen molar-refractivity contribution in [1.82, 2.24) is 20.1 Å². The van der Waals surface area contributed by atoms with Gasteiger partial charge in [-0.2, -0.15) is 13.2 Å². The van der Waals surface area contributed by atoms with Crippen LogP contribution in [0.2, 0.25) is 0 Å². The predicted molar refractivity (Wildman–Crippen MR) is 138 cm³/mol. The Bertz CT molecular complexity index is 1070. The molecule has 3 atom stereocenters. The Morgan fingerprint density at radius 1 is 1.13 bits per heavy atom. The topological polar surface area (TPSA) is 57.7 Å². The van der Waals surface area contributed by atoms with Gasteiger partial charge in [0.2, 0.25) is 5.91 Å². The Morgan fingerprint density at radius 2 is 2.03 bits per heavy atom. The van der Waals surface area contributed by atoms with Crippen molar-refractivity contribution in [2.45, 2.75) is 63.3 Å². The molecule has 2 fully saturated rings. The summed E-state index contributed by atoms with van der Waals surface area (Å²) in [5.74, 6) is 0.280. The van der Waals surface area contributed by atoms with E-state index in [0.717, 1.165) is 70.0 Å². The number of amides is 1. The number of carbonyl (C=O) groups excluding carboxylic acids is 1. The van der Waals surface area contributed by atoms with Crippen LogP contribution >= 0.6 is 0 Å². The number of fused-ring (bicyclic) bond motifs is 1. The number of aryl methyl sites for hydroxylation is 1. The number of hydrogen-bond acceptors (Lipinski definition) is 5. The molecule has 0 aliphatic carbocycles. The van der Waals surface area contributed by atoms with Gasteiger partial charge in [-0.1, -0.05) is 12.1 Å². The summed E-state index contributed by atoms with van der Waals surface area (Å²) in [4.78, 5) is 21.9. The normalized spacial score (nSPS) is 25.1. The van der Waals surface area contributed by atoms with Crippen molar-refractivity contribution in [3.63, 3.8) is 0 Å². The number of aromatic nitrogens is 1. The maximum atomic E-state index is 13.2. The van der Waals surface area contributed by atoms with Gasteiger partial charge in [0.1, 0.15) is 0 Å². The minimum absolute atomic E-state index is 0.0529. The Balaban J connectivity index is 1.21. The van der Waals surface area contributed by atoms with Gasteiger partial charge in [-0.05, 0) is 79.3 Å². The first-order chi connectivity index (χ1) is 18.3. The number of likely N-dealkylation sites (tertiary alicyclic amines) is 1. The minimum Gasteiger partial charge on any atom is -0.381 e. The van der Waals surface area contributed by atoms with Crippen LogP contribution in [0.25, 0.3) is 0 Å². The van der Waals surface area contributed by atoms with Gasteiger partial charge in [0, 0.05) is 63.9 Å². The fourth-order valence-electron chi connectivity index (χ4n) is 6.19. The first kappa shape index (κ1) is 27.1. The summed E-state index contributed by atoms with van der Waals surface area (Å²) in [7, 11) is 0. The number of carbonyl (C=O) groups is 1. The van der Waals surface area contributed by atoms with Crippen LogP contribution in [0.15, 0.2) is 42.7 Å². The monoisotopic (exact) mass is 530 g/mol. The highest BCUT2D eigenvalue weighted by atomic mass is 19.4. The van der Waals surface area contributed by atoms with E-state index in [1.807, 2.05) is 17.2 Å². The van der Waals surface area contributed by atoms with Crippen molar-refractivity contribution < 1.29 is 22.7 Å². The lowest BCUT2D eigenvalue weighted by Crippen LogP contribution is -2.46. The third-order valence-electron chi connectivity index (χ3n) is 8.27. The van der Waals surface area contributed by atoms with Gasteiger partial charge >= 0.3 is 6.18 Å². The molecule has 5 rings (SSSR count). The van der Waals surface area contributed by atoms with Crippen LogP contribution in [0.5, 0.6) is 0 Å². The van der Waals surface area contributed by atoms with Crippen LogP contribution < -0.4 is 5.32 Å². The summed E-state index contributed by atoms with van der Waals surface area (Å²) in [6.07, 6.45) is 5.04. The van der Waals surface area contributed by atoms with E-state index >= 15 is 0 Å². The van der Waals surface area contributed by atoms with Crippen LogP contribution in [0.1, 0.15) is 47.9 Å². The molecular weight excluding hydrogens is 493 g/mol. The molecule has 9 heteroatoms. The lowest BCUT2D eigenvalue weighted by Gasteiger charge is -2.30. The Labute approximate surface area is 222 Å². The molecule has 0 bridgehead atoms. The molecule has 2 aromatic rings. The zero-order valence-corrected chi connectivity index (χ0v) is 21.8. The molecule has 3 aliphatic heterocycles. The quantitative estimate of drug-likeness (QED) is 0.585. The molecule has 1 amide bonds. The van der Waals surface area contributed by atoms with Gasteiger partial charge in [-0.3, -0.25) is 19.6 Å². The summed E-state index contributed by atoms with van der Waals surface area (Å²) in [6.45, 7) is 4.59. The first-order valence-corrected chi connectivity index (χ1v) is 13.8. The second kappa shape index (κ2) is 12.1. The van der Waals surface area contributed by atoms with Crippen LogP contribution in [0.3, 0.4) is 0 Å². The Hall–Kier alpha value is -2.49. The Kier molecular flexibility index (Phi) is 8.65. The van der Waals surface area contributed by atoms with Gasteiger partial charge in [0.25, 0.3) is 0 Å². The first-order valence-electron chi connectivity index (χ1n) is 13.8. The van der Waals surface area contributed by atoms with Gasteiger partial charge in [-0.15, -0.1) is 0 Å². The molecule has 2 saturated heterocycles. The zero-order chi connectivity index (χ0) is 26.5. The highest BCUT2D eigenvalue weighted by molar-refractivity contribution is 5.78. The smallest absolute Gasteiger partial charge is 0.381 e. The maximum absolute atomic E-state index is 13.2. The van der Waals surface area contributed by atoms with E-state index in [9.17, 15) is 18.0 Å². The molecule has 38 heavy (non-hydrogen) atoms. The summed E-state index contributed by atoms with van der Waals surface area (Å²) in [5.41, 5.74) is 2.16. The molecule has 0 radical (unpaired) electrons. The highest BCUT2D eigenvalue weighted by Crippen LogP contribution is 2.32. The molecule has 4 heterocycles. The minimum atomic E-state index is -4.36. The Morgan fingerprint density at radius 3 is 2.84 bits per heavy atom. The van der Waals surface area contributed by atoms with E-state index in [1.54, 1.807) is 12.3 Å². The number of alkyl halides is 3. The van der Waals surface area contributed by atoms with E-state index in [0.29, 0.717) is 37.0 Å². The van der Waals surface area contributed by atoms with E-state index in [1.165, 1.54) is 11.6 Å². The van der Waals surface area contributed by atoms with Crippen LogP contribution in [0, 0.1) is 5.92 Å². The number of benzene rings is 1. The number of hydrogen-bond donors (Lipinski definition) is 1. The molecule has 1 N–H and O–H groups in total. The van der Waals surface area contributed by atoms with Crippen molar-refractivity contribution in [3.8, 4) is 0 Å². The van der Waals surface area contributed by atoms with Crippen molar-refractivity contribution in [2.75, 3.05) is 39.4 Å². The van der Waals surface area contributed by atoms with Crippen LogP contribution in [-0.4, -0.2) is 72.2 Å². The van der Waals surface area contributed by atoms with Crippen molar-refractivity contribution >= 4 is 5.91 Å². The van der Waals surface area contributed by atoms with Gasteiger partial charge in [0.15, 0.2) is 0 Å². The number of rotatable bonds is 7. The fraction of sp³-hybridized carbons (Fsp3) is 0.586. The average Bonchev–Trinajstić information content (AvgIpc) is 3.09. The third kappa shape index (κ3) is 6.93. The second-order valence-electron chi connectivity index (χ2n) is 10.9. The number of nitrogens with zero attached hydrogens (tertiary/aromatic N) is 3. The van der Waals surface area contributed by atoms with E-state index in [2.05, 4.69) is 21.3 Å². The molecule has 206 valence electrons. The number of ether oxygens (including phenoxy) is 1.